The Morgan fingerprint density at radius 3 is 1.47 bits per heavy atom. The second-order valence-corrected chi connectivity index (χ2v) is 15.2. The van der Waals surface area contributed by atoms with Crippen molar-refractivity contribution in [2.24, 2.45) is 0 Å². The van der Waals surface area contributed by atoms with Crippen LogP contribution in [0.3, 0.4) is 0 Å². The predicted molar refractivity (Wildman–Crippen MR) is 144 cm³/mol. The van der Waals surface area contributed by atoms with E-state index < -0.39 is 27.5 Å². The summed E-state index contributed by atoms with van der Waals surface area (Å²) in [6, 6.07) is 32.2. The normalized spacial score (nSPS) is 18.3. The van der Waals surface area contributed by atoms with Crippen molar-refractivity contribution >= 4 is 43.4 Å². The van der Waals surface area contributed by atoms with Crippen LogP contribution in [0.2, 0.25) is 0 Å². The highest BCUT2D eigenvalue weighted by molar-refractivity contribution is 7.95. The summed E-state index contributed by atoms with van der Waals surface area (Å²) in [5.41, 5.74) is 0. The van der Waals surface area contributed by atoms with Gasteiger partial charge in [0, 0.05) is 6.26 Å². The quantitative estimate of drug-likeness (QED) is 0.241. The maximum atomic E-state index is 11.4. The average Bonchev–Trinajstić information content (AvgIpc) is 3.29. The summed E-state index contributed by atoms with van der Waals surface area (Å²) in [6.07, 6.45) is 4.11. The molecule has 7 nitrogen and oxygen atoms in total. The van der Waals surface area contributed by atoms with Gasteiger partial charge in [-0.1, -0.05) is 54.6 Å². The molecule has 1 aliphatic rings. The maximum Gasteiger partial charge on any atom is 0.264 e. The molecule has 194 valence electrons. The van der Waals surface area contributed by atoms with Crippen molar-refractivity contribution in [2.45, 2.75) is 25.0 Å². The van der Waals surface area contributed by atoms with E-state index in [1.165, 1.54) is 15.9 Å². The Hall–Kier alpha value is -2.13. The van der Waals surface area contributed by atoms with Gasteiger partial charge in [0.15, 0.2) is 0 Å². The van der Waals surface area contributed by atoms with E-state index in [1.54, 1.807) is 0 Å². The molecule has 1 heterocycles. The second-order valence-electron chi connectivity index (χ2n) is 8.65. The van der Waals surface area contributed by atoms with Crippen LogP contribution < -0.4 is 15.9 Å². The second kappa shape index (κ2) is 12.4. The first-order chi connectivity index (χ1) is 17.0. The molecule has 36 heavy (non-hydrogen) atoms. The first kappa shape index (κ1) is 28.4. The van der Waals surface area contributed by atoms with Gasteiger partial charge in [-0.15, -0.1) is 0 Å². The fourth-order valence-corrected chi connectivity index (χ4v) is 9.20. The summed E-state index contributed by atoms with van der Waals surface area (Å²) in [4.78, 5) is 0. The molecule has 3 aromatic rings. The maximum absolute atomic E-state index is 11.4. The Kier molecular flexibility index (Phi) is 9.80. The Morgan fingerprint density at radius 2 is 1.11 bits per heavy atom. The van der Waals surface area contributed by atoms with Crippen molar-refractivity contribution in [3.05, 3.63) is 91.0 Å². The fraction of sp³-hybridized carbons (Fsp3) is 0.308. The molecule has 0 radical (unpaired) electrons. The van der Waals surface area contributed by atoms with Crippen LogP contribution in [0.25, 0.3) is 0 Å². The van der Waals surface area contributed by atoms with Gasteiger partial charge in [-0.05, 0) is 49.2 Å². The third-order valence-electron chi connectivity index (χ3n) is 5.73. The minimum absolute atomic E-state index is 0.0436. The van der Waals surface area contributed by atoms with Crippen molar-refractivity contribution in [2.75, 3.05) is 25.3 Å². The molecule has 0 unspecified atom stereocenters. The molecule has 0 spiro atoms. The molecule has 3 aromatic carbocycles. The topological polar surface area (TPSA) is 110 Å². The van der Waals surface area contributed by atoms with Gasteiger partial charge in [0.25, 0.3) is 10.1 Å². The van der Waals surface area contributed by atoms with E-state index in [4.69, 9.17) is 21.9 Å². The van der Waals surface area contributed by atoms with Gasteiger partial charge in [0.1, 0.15) is 23.2 Å². The summed E-state index contributed by atoms with van der Waals surface area (Å²) >= 11 is 0. The average molecular weight is 551 g/mol. The van der Waals surface area contributed by atoms with Crippen molar-refractivity contribution < 1.29 is 30.3 Å². The number of benzene rings is 3. The van der Waals surface area contributed by atoms with Crippen LogP contribution in [0, 0.1) is 0 Å². The van der Waals surface area contributed by atoms with Gasteiger partial charge >= 0.3 is 0 Å². The molecular formula is C26H31O7PS2. The summed E-state index contributed by atoms with van der Waals surface area (Å²) < 4.78 is 61.3. The van der Waals surface area contributed by atoms with E-state index in [9.17, 15) is 8.42 Å². The predicted octanol–water partition coefficient (Wildman–Crippen LogP) is 2.67. The molecule has 0 aliphatic carbocycles. The number of ether oxygens (including phenoxy) is 1. The zero-order chi connectivity index (χ0) is 26.2. The van der Waals surface area contributed by atoms with E-state index in [2.05, 4.69) is 91.0 Å². The summed E-state index contributed by atoms with van der Waals surface area (Å²) in [7, 11) is -9.35. The molecule has 10 heteroatoms. The molecule has 0 aromatic heterocycles. The molecule has 0 bridgehead atoms. The highest BCUT2D eigenvalue weighted by Crippen LogP contribution is 2.56. The summed E-state index contributed by atoms with van der Waals surface area (Å²) in [5.74, 6) is 0. The minimum Gasteiger partial charge on any atom is -0.748 e. The fourth-order valence-electron chi connectivity index (χ4n) is 4.35. The lowest BCUT2D eigenvalue weighted by Crippen LogP contribution is -2.37. The van der Waals surface area contributed by atoms with E-state index in [1.807, 2.05) is 0 Å². The van der Waals surface area contributed by atoms with Gasteiger partial charge in [-0.25, -0.2) is 8.42 Å². The molecule has 0 amide bonds. The third-order valence-corrected chi connectivity index (χ3v) is 10.8. The van der Waals surface area contributed by atoms with Crippen molar-refractivity contribution in [1.82, 2.24) is 0 Å². The number of hydrogen-bond donors (Lipinski definition) is 0. The Labute approximate surface area is 214 Å². The lowest BCUT2D eigenvalue weighted by molar-refractivity contribution is 0.0298. The van der Waals surface area contributed by atoms with Gasteiger partial charge in [-0.3, -0.25) is 4.18 Å². The zero-order valence-corrected chi connectivity index (χ0v) is 22.8. The number of rotatable bonds is 8. The Balaban J connectivity index is 0.000000658. The van der Waals surface area contributed by atoms with Gasteiger partial charge < -0.3 is 9.29 Å². The van der Waals surface area contributed by atoms with Crippen LogP contribution in [0.5, 0.6) is 0 Å². The van der Waals surface area contributed by atoms with E-state index in [0.717, 1.165) is 25.3 Å². The van der Waals surface area contributed by atoms with Crippen LogP contribution in [0.1, 0.15) is 12.8 Å². The first-order valence-corrected chi connectivity index (χ1v) is 17.0. The van der Waals surface area contributed by atoms with Gasteiger partial charge in [0.05, 0.1) is 41.4 Å². The minimum atomic E-state index is -3.92. The van der Waals surface area contributed by atoms with Crippen LogP contribution in [0.4, 0.5) is 0 Å². The lowest BCUT2D eigenvalue weighted by atomic mass is 10.2. The Bertz CT molecular complexity index is 1200. The highest BCUT2D eigenvalue weighted by atomic mass is 32.2. The zero-order valence-electron chi connectivity index (χ0n) is 20.3. The molecule has 0 saturated carbocycles. The van der Waals surface area contributed by atoms with Crippen molar-refractivity contribution in [3.8, 4) is 0 Å². The molecule has 1 aliphatic heterocycles. The van der Waals surface area contributed by atoms with Crippen LogP contribution in [0.15, 0.2) is 91.0 Å². The van der Waals surface area contributed by atoms with Crippen molar-refractivity contribution in [1.29, 1.82) is 0 Å². The van der Waals surface area contributed by atoms with Crippen LogP contribution >= 0.6 is 7.26 Å². The van der Waals surface area contributed by atoms with Crippen LogP contribution in [-0.2, 0) is 29.2 Å². The number of hydrogen-bond acceptors (Lipinski definition) is 7. The summed E-state index contributed by atoms with van der Waals surface area (Å²) in [5, 5.41) is 3.98. The van der Waals surface area contributed by atoms with E-state index in [0.29, 0.717) is 6.26 Å². The first-order valence-electron chi connectivity index (χ1n) is 11.4. The van der Waals surface area contributed by atoms with E-state index in [-0.39, 0.29) is 18.8 Å². The molecule has 1 saturated heterocycles. The van der Waals surface area contributed by atoms with Gasteiger partial charge in [0.2, 0.25) is 0 Å². The third kappa shape index (κ3) is 8.47. The molecule has 4 rings (SSSR count). The SMILES string of the molecule is CS(=O)(=O)OC[C@@H]1CC[C@@H](C[P+](c2ccccc2)(c2ccccc2)c2ccccc2)O1.CS(=O)(=O)[O-]. The van der Waals surface area contributed by atoms with Crippen LogP contribution in [-0.4, -0.2) is 58.9 Å². The lowest BCUT2D eigenvalue weighted by Gasteiger charge is -2.30. The molecular weight excluding hydrogens is 519 g/mol. The molecule has 1 fully saturated rings. The smallest absolute Gasteiger partial charge is 0.264 e. The molecule has 2 atom stereocenters. The standard InChI is InChI=1S/C25H28O4PS.CH4O3S/c1-31(26,27)28-19-21-17-18-22(29-21)20-30(23-11-5-2-6-12-23,24-13-7-3-8-14-24)25-15-9-4-10-16-25;1-5(2,3)4/h2-16,21-22H,17-20H2,1H3;1H3,(H,2,3,4)/q+1;/p-1/t21-,22-;/m0./s1. The van der Waals surface area contributed by atoms with Gasteiger partial charge in [-0.2, -0.15) is 8.42 Å². The largest absolute Gasteiger partial charge is 0.748 e. The summed E-state index contributed by atoms with van der Waals surface area (Å²) in [6.45, 7) is 0.0861. The van der Waals surface area contributed by atoms with E-state index >= 15 is 0 Å². The highest BCUT2D eigenvalue weighted by Gasteiger charge is 2.48. The molecule has 0 N–H and O–H groups in total. The van der Waals surface area contributed by atoms with Crippen molar-refractivity contribution in [3.63, 3.8) is 0 Å². The Morgan fingerprint density at radius 1 is 0.750 bits per heavy atom. The monoisotopic (exact) mass is 550 g/mol.